The summed E-state index contributed by atoms with van der Waals surface area (Å²) in [6.45, 7) is 36.2. The smallest absolute Gasteiger partial charge is 0.308 e. The van der Waals surface area contributed by atoms with E-state index in [9.17, 15) is 19.2 Å². The van der Waals surface area contributed by atoms with Gasteiger partial charge in [-0.1, -0.05) is 94.9 Å². The Hall–Kier alpha value is -10.7. The maximum Gasteiger partial charge on any atom is 0.308 e. The number of aliphatic imine (C=N–C) groups is 4. The second kappa shape index (κ2) is 38.3. The van der Waals surface area contributed by atoms with Gasteiger partial charge in [0.1, 0.15) is 85.1 Å². The molecule has 0 radical (unpaired) electrons. The summed E-state index contributed by atoms with van der Waals surface area (Å²) in [4.78, 5) is 91.5. The lowest BCUT2D eigenvalue weighted by atomic mass is 9.99. The molecule has 13 heterocycles. The van der Waals surface area contributed by atoms with Crippen LogP contribution in [0, 0.1) is 62.3 Å². The maximum absolute atomic E-state index is 12.9. The first-order valence-corrected chi connectivity index (χ1v) is 46.2. The van der Waals surface area contributed by atoms with Crippen molar-refractivity contribution in [3.8, 4) is 20.0 Å². The van der Waals surface area contributed by atoms with Crippen LogP contribution in [0.4, 0.5) is 0 Å². The van der Waals surface area contributed by atoms with Crippen molar-refractivity contribution < 1.29 is 38.1 Å². The number of imidazole rings is 3. The zero-order valence-corrected chi connectivity index (χ0v) is 80.4. The summed E-state index contributed by atoms with van der Waals surface area (Å²) in [7, 11) is 1.62. The molecule has 9 aromatic heterocycles. The summed E-state index contributed by atoms with van der Waals surface area (Å²) < 4.78 is 30.4. The van der Waals surface area contributed by atoms with Crippen LogP contribution in [0.2, 0.25) is 20.1 Å². The third kappa shape index (κ3) is 20.9. The number of amides is 1. The van der Waals surface area contributed by atoms with E-state index in [2.05, 4.69) is 91.3 Å². The Kier molecular flexibility index (Phi) is 27.9. The Morgan fingerprint density at radius 3 is 1.20 bits per heavy atom. The molecular weight excluding hydrogens is 1770 g/mol. The molecule has 13 aromatic rings. The predicted molar refractivity (Wildman–Crippen MR) is 505 cm³/mol. The minimum absolute atomic E-state index is 0.0481. The van der Waals surface area contributed by atoms with E-state index in [4.69, 9.17) is 90.3 Å². The molecule has 33 heteroatoms. The van der Waals surface area contributed by atoms with Crippen LogP contribution in [0.5, 0.6) is 0 Å². The molecule has 4 atom stereocenters. The van der Waals surface area contributed by atoms with Gasteiger partial charge in [0.2, 0.25) is 5.91 Å². The number of benzene rings is 4. The molecule has 127 heavy (non-hydrogen) atoms. The van der Waals surface area contributed by atoms with Gasteiger partial charge in [-0.25, -0.2) is 15.0 Å². The van der Waals surface area contributed by atoms with Gasteiger partial charge in [0, 0.05) is 135 Å². The zero-order valence-electron chi connectivity index (χ0n) is 74.1. The van der Waals surface area contributed by atoms with Crippen LogP contribution in [-0.4, -0.2) is 136 Å². The summed E-state index contributed by atoms with van der Waals surface area (Å²) in [6.07, 6.45) is 8.26. The highest BCUT2D eigenvalue weighted by Gasteiger charge is 2.39. The van der Waals surface area contributed by atoms with Crippen molar-refractivity contribution in [1.82, 2.24) is 63.9 Å². The first kappa shape index (κ1) is 92.4. The van der Waals surface area contributed by atoms with Crippen LogP contribution >= 0.6 is 91.8 Å². The number of aromatic nitrogens is 12. The van der Waals surface area contributed by atoms with Crippen molar-refractivity contribution in [3.05, 3.63) is 281 Å². The van der Waals surface area contributed by atoms with Crippen LogP contribution in [0.1, 0.15) is 240 Å². The molecule has 4 aliphatic heterocycles. The van der Waals surface area contributed by atoms with E-state index in [1.165, 1.54) is 25.8 Å². The third-order valence-electron chi connectivity index (χ3n) is 21.1. The number of carbonyl (C=O) groups is 4. The summed E-state index contributed by atoms with van der Waals surface area (Å²) >= 11 is 31.2. The monoisotopic (exact) mass is 1860 g/mol. The normalized spacial score (nSPS) is 15.5. The molecule has 0 spiro atoms. The molecule has 4 aromatic carbocycles. The molecule has 2 N–H and O–H groups in total. The van der Waals surface area contributed by atoms with Crippen LogP contribution < -0.4 is 5.32 Å². The number of H-pyrrole nitrogens is 1. The number of fused-ring (bicyclic) bond motifs is 12. The van der Waals surface area contributed by atoms with Crippen LogP contribution in [0.3, 0.4) is 0 Å². The van der Waals surface area contributed by atoms with Gasteiger partial charge in [-0.2, -0.15) is 0 Å². The van der Waals surface area contributed by atoms with Gasteiger partial charge in [-0.15, -0.1) is 65.7 Å². The molecule has 25 nitrogen and oxygen atoms in total. The number of nitrogens with one attached hydrogen (secondary N) is 2. The number of hydrogen-bond donors (Lipinski definition) is 2. The summed E-state index contributed by atoms with van der Waals surface area (Å²) in [6, 6.07) is 30.6. The van der Waals surface area contributed by atoms with E-state index < -0.39 is 41.0 Å². The van der Waals surface area contributed by atoms with Gasteiger partial charge in [-0.3, -0.25) is 57.4 Å². The molecule has 0 bridgehead atoms. The van der Waals surface area contributed by atoms with Crippen LogP contribution in [0.15, 0.2) is 153 Å². The van der Waals surface area contributed by atoms with Crippen LogP contribution in [0.25, 0.3) is 20.0 Å². The number of rotatable bonds is 17. The fourth-order valence-corrected chi connectivity index (χ4v) is 20.2. The van der Waals surface area contributed by atoms with E-state index in [1.54, 1.807) is 65.0 Å². The average molecular weight is 1870 g/mol. The van der Waals surface area contributed by atoms with E-state index in [1.807, 2.05) is 213 Å². The molecular formula is C94H99Cl4N17O8S4. The molecule has 0 saturated carbocycles. The van der Waals surface area contributed by atoms with E-state index in [0.717, 1.165) is 127 Å². The third-order valence-corrected chi connectivity index (χ3v) is 26.6. The number of nitrogens with zero attached hydrogens (tertiary/aromatic N) is 15. The second-order valence-corrected chi connectivity index (χ2v) is 40.4. The number of methoxy groups -OCH3 is 1. The number of hydrogen-bond acceptors (Lipinski definition) is 23. The number of halogens is 4. The predicted octanol–water partition coefficient (Wildman–Crippen LogP) is 21.3. The standard InChI is InChI=1S/C25H25ClN6OS.C24H27ClN4O3S.C24H26ClN3O2S.C21H21ClN4O2S/c1-14-11-29-24-20(10-21(33)28-9-8-19-12-27-13-30-19)31-23(17-4-6-18(26)7-5-17)22-15(2)16(3)34-25(22)32(14)24;1-13-14(2)33-23-20(13)21(15-7-9-16(25)10-8-15)26-17(11-19(30)32-24(3,4)5)22-28-27-18(12-31-6)29(22)23;1-13-12-26-22-18(11-19(29)30-24(4,5)6)27-21(16-7-9-17(25)10-8-16)20-14(2)15(3)31-23(20)28(13)22;1-12-24-25-19-16(11-17(27)28-21(2,3)4)23-18(13-5-7-14(22)8-6-13)15-9-10-29-20(15)26(12)19/h4-7,11-13,20H,8-10H2,1-3H3,(H,27,30)(H,28,33);7-10,17H,11-12H2,1-6H3;7-10,12,18H,11H2,1-6H3;5-10,16H,11H2,1-4H3/t20-;17-;18-;16-/m0000/s1. The number of ether oxygens (including phenoxy) is 4. The van der Waals surface area contributed by atoms with Gasteiger partial charge in [0.05, 0.1) is 54.9 Å². The molecule has 0 unspecified atom stereocenters. The minimum Gasteiger partial charge on any atom is -0.460 e. The summed E-state index contributed by atoms with van der Waals surface area (Å²) in [5, 5.41) is 29.2. The van der Waals surface area contributed by atoms with E-state index >= 15 is 0 Å². The Morgan fingerprint density at radius 1 is 0.441 bits per heavy atom. The fraction of sp³-hybridized carbons (Fsp3) is 0.351. The van der Waals surface area contributed by atoms with Gasteiger partial charge in [-0.05, 0) is 201 Å². The summed E-state index contributed by atoms with van der Waals surface area (Å²) in [5.74, 6) is 3.19. The first-order valence-electron chi connectivity index (χ1n) is 41.4. The highest BCUT2D eigenvalue weighted by molar-refractivity contribution is 7.16. The van der Waals surface area contributed by atoms with Gasteiger partial charge < -0.3 is 29.2 Å². The van der Waals surface area contributed by atoms with E-state index in [0.29, 0.717) is 50.5 Å². The molecule has 0 aliphatic carbocycles. The fourth-order valence-electron chi connectivity index (χ4n) is 15.1. The van der Waals surface area contributed by atoms with Crippen molar-refractivity contribution in [2.24, 2.45) is 20.0 Å². The topological polar surface area (TPSA) is 292 Å². The highest BCUT2D eigenvalue weighted by Crippen LogP contribution is 2.45. The molecule has 0 fully saturated rings. The second-order valence-electron chi connectivity index (χ2n) is 34.2. The number of aryl methyl sites for hydroxylation is 6. The number of carbonyl (C=O) groups excluding carboxylic acids is 4. The first-order chi connectivity index (χ1) is 60.3. The Morgan fingerprint density at radius 2 is 0.811 bits per heavy atom. The Labute approximate surface area is 773 Å². The molecule has 0 saturated heterocycles. The minimum atomic E-state index is -0.592. The van der Waals surface area contributed by atoms with Crippen molar-refractivity contribution in [3.63, 3.8) is 0 Å². The lowest BCUT2D eigenvalue weighted by molar-refractivity contribution is -0.156. The lowest BCUT2D eigenvalue weighted by Gasteiger charge is -2.21. The zero-order chi connectivity index (χ0) is 91.0. The molecule has 4 aliphatic rings. The van der Waals surface area contributed by atoms with Crippen molar-refractivity contribution in [2.45, 2.75) is 204 Å². The van der Waals surface area contributed by atoms with Crippen molar-refractivity contribution >= 4 is 138 Å². The van der Waals surface area contributed by atoms with Gasteiger partial charge in [0.15, 0.2) is 17.5 Å². The molecule has 1 amide bonds. The number of aromatic amines is 1. The average Bonchev–Trinajstić information content (AvgIpc) is 1.60. The maximum atomic E-state index is 12.9. The van der Waals surface area contributed by atoms with Crippen LogP contribution in [-0.2, 0) is 51.2 Å². The van der Waals surface area contributed by atoms with Crippen molar-refractivity contribution in [1.29, 1.82) is 0 Å². The Balaban J connectivity index is 0.000000137. The highest BCUT2D eigenvalue weighted by atomic mass is 35.5. The molecule has 17 rings (SSSR count). The SMILES string of the molecule is COCc1nnc2n1-c1sc(C)c(C)c1C(c1ccc(Cl)cc1)=N[C@H]2CC(=O)OC(C)(C)C.Cc1nnc2n1-c1sccc1C(c1ccc(Cl)cc1)=N[C@H]2CC(=O)OC(C)(C)C.Cc1sc2c(c1C)C(c1ccc(Cl)cc1)=N[C@@H](CC(=O)NCCc1cnc[nH]1)c1ncc(C)n1-2.Cc1sc2c(c1C)C(c1ccc(Cl)cc1)=N[C@@H](CC(=O)OC(C)(C)C)c1ncc(C)n1-2. The number of esters is 3. The quantitative estimate of drug-likeness (QED) is 0.0633. The van der Waals surface area contributed by atoms with Gasteiger partial charge in [0.25, 0.3) is 0 Å². The summed E-state index contributed by atoms with van der Waals surface area (Å²) in [5.41, 5.74) is 16.1. The largest absolute Gasteiger partial charge is 0.460 e. The molecule has 660 valence electrons. The van der Waals surface area contributed by atoms with Crippen molar-refractivity contribution in [2.75, 3.05) is 13.7 Å². The van der Waals surface area contributed by atoms with E-state index in [-0.39, 0.29) is 56.1 Å². The lowest BCUT2D eigenvalue weighted by Crippen LogP contribution is -2.27. The Bertz CT molecular complexity index is 6400. The van der Waals surface area contributed by atoms with Gasteiger partial charge >= 0.3 is 17.9 Å². The number of thiophene rings is 4.